The summed E-state index contributed by atoms with van der Waals surface area (Å²) < 4.78 is 0. The molecule has 0 spiro atoms. The Morgan fingerprint density at radius 3 is 2.65 bits per heavy atom. The van der Waals surface area contributed by atoms with E-state index < -0.39 is 0 Å². The maximum Gasteiger partial charge on any atom is 0.253 e. The third-order valence-electron chi connectivity index (χ3n) is 3.60. The Balaban J connectivity index is 0.00000338. The number of nitrogens with zero attached hydrogens (tertiary/aromatic N) is 2. The number of aliphatic imine (C=N–C) groups is 1. The van der Waals surface area contributed by atoms with E-state index in [1.54, 1.807) is 30.3 Å². The normalized spacial score (nSPS) is 10.8. The molecule has 0 bridgehead atoms. The number of carbonyl (C=O) groups excluding carboxylic acids is 1. The first kappa shape index (κ1) is 22.4. The first-order chi connectivity index (χ1) is 12.1. The van der Waals surface area contributed by atoms with Gasteiger partial charge in [0.25, 0.3) is 5.91 Å². The van der Waals surface area contributed by atoms with Gasteiger partial charge in [-0.25, -0.2) is 4.99 Å². The second kappa shape index (κ2) is 11.9. The van der Waals surface area contributed by atoms with Gasteiger partial charge >= 0.3 is 0 Å². The first-order valence-corrected chi connectivity index (χ1v) is 9.33. The number of hydrogen-bond acceptors (Lipinski definition) is 3. The summed E-state index contributed by atoms with van der Waals surface area (Å²) in [6, 6.07) is 11.9. The van der Waals surface area contributed by atoms with Crippen molar-refractivity contribution in [3.8, 4) is 0 Å². The quantitative estimate of drug-likeness (QED) is 0.359. The van der Waals surface area contributed by atoms with Gasteiger partial charge in [-0.2, -0.15) is 0 Å². The maximum absolute atomic E-state index is 12.0. The van der Waals surface area contributed by atoms with E-state index in [2.05, 4.69) is 34.0 Å². The molecular weight excluding hydrogens is 459 g/mol. The van der Waals surface area contributed by atoms with Crippen LogP contribution in [0, 0.1) is 0 Å². The van der Waals surface area contributed by atoms with Gasteiger partial charge in [0.2, 0.25) is 0 Å². The summed E-state index contributed by atoms with van der Waals surface area (Å²) in [4.78, 5) is 19.5. The van der Waals surface area contributed by atoms with Crippen molar-refractivity contribution in [2.75, 3.05) is 27.2 Å². The molecule has 2 N–H and O–H groups in total. The number of guanidine groups is 1. The minimum atomic E-state index is 0. The Morgan fingerprint density at radius 1 is 1.19 bits per heavy atom. The molecule has 0 aliphatic rings. The van der Waals surface area contributed by atoms with Crippen LogP contribution in [0.3, 0.4) is 0 Å². The lowest BCUT2D eigenvalue weighted by Crippen LogP contribution is -2.38. The molecule has 0 saturated heterocycles. The Morgan fingerprint density at radius 2 is 2.00 bits per heavy atom. The minimum Gasteiger partial charge on any atom is -0.357 e. The summed E-state index contributed by atoms with van der Waals surface area (Å²) in [7, 11) is 3.53. The molecular formula is C19H27IN4OS. The van der Waals surface area contributed by atoms with Crippen molar-refractivity contribution in [2.45, 2.75) is 19.9 Å². The van der Waals surface area contributed by atoms with Crippen molar-refractivity contribution in [3.63, 3.8) is 0 Å². The fourth-order valence-corrected chi connectivity index (χ4v) is 2.97. The first-order valence-electron chi connectivity index (χ1n) is 8.45. The molecule has 1 amide bonds. The van der Waals surface area contributed by atoms with E-state index in [1.807, 2.05) is 30.3 Å². The molecule has 0 aliphatic carbocycles. The van der Waals surface area contributed by atoms with Crippen LogP contribution in [0.15, 0.2) is 46.8 Å². The average molecular weight is 486 g/mol. The summed E-state index contributed by atoms with van der Waals surface area (Å²) >= 11 is 1.71. The van der Waals surface area contributed by atoms with Crippen molar-refractivity contribution in [1.82, 2.24) is 15.5 Å². The number of benzene rings is 1. The number of hydrogen-bond donors (Lipinski definition) is 2. The molecule has 0 atom stereocenters. The van der Waals surface area contributed by atoms with E-state index in [0.29, 0.717) is 6.54 Å². The fourth-order valence-electron chi connectivity index (χ4n) is 2.34. The highest BCUT2D eigenvalue weighted by atomic mass is 127. The van der Waals surface area contributed by atoms with E-state index >= 15 is 0 Å². The molecule has 0 radical (unpaired) electrons. The highest BCUT2D eigenvalue weighted by Crippen LogP contribution is 2.09. The number of amides is 1. The number of halogens is 1. The second-order valence-electron chi connectivity index (χ2n) is 5.85. The van der Waals surface area contributed by atoms with E-state index in [1.165, 1.54) is 4.88 Å². The summed E-state index contributed by atoms with van der Waals surface area (Å²) in [6.45, 7) is 4.32. The Hall–Kier alpha value is -1.61. The number of thiophene rings is 1. The zero-order valence-corrected chi connectivity index (χ0v) is 18.6. The number of rotatable bonds is 7. The zero-order valence-electron chi connectivity index (χ0n) is 15.5. The van der Waals surface area contributed by atoms with Crippen LogP contribution >= 0.6 is 35.3 Å². The van der Waals surface area contributed by atoms with Gasteiger partial charge in [0.05, 0.1) is 6.54 Å². The van der Waals surface area contributed by atoms with Crippen molar-refractivity contribution in [2.24, 2.45) is 4.99 Å². The lowest BCUT2D eigenvalue weighted by molar-refractivity contribution is 0.0827. The molecule has 26 heavy (non-hydrogen) atoms. The third-order valence-corrected chi connectivity index (χ3v) is 4.46. The topological polar surface area (TPSA) is 56.7 Å². The molecule has 0 aliphatic heterocycles. The van der Waals surface area contributed by atoms with Crippen LogP contribution in [0.4, 0.5) is 0 Å². The summed E-state index contributed by atoms with van der Waals surface area (Å²) in [6.07, 6.45) is 0.831. The van der Waals surface area contributed by atoms with Gasteiger partial charge in [0.1, 0.15) is 0 Å². The molecule has 2 aromatic rings. The van der Waals surface area contributed by atoms with Crippen molar-refractivity contribution in [1.29, 1.82) is 0 Å². The van der Waals surface area contributed by atoms with E-state index in [0.717, 1.165) is 36.6 Å². The van der Waals surface area contributed by atoms with Crippen molar-refractivity contribution in [3.05, 3.63) is 57.8 Å². The number of nitrogens with one attached hydrogen (secondary N) is 2. The molecule has 0 unspecified atom stereocenters. The van der Waals surface area contributed by atoms with Crippen molar-refractivity contribution < 1.29 is 4.79 Å². The summed E-state index contributed by atoms with van der Waals surface area (Å²) in [5, 5.41) is 8.67. The average Bonchev–Trinajstić information content (AvgIpc) is 3.12. The summed E-state index contributed by atoms with van der Waals surface area (Å²) in [5.74, 6) is 0.845. The lowest BCUT2D eigenvalue weighted by Gasteiger charge is -2.13. The van der Waals surface area contributed by atoms with Gasteiger partial charge in [-0.05, 0) is 42.5 Å². The Labute approximate surface area is 176 Å². The standard InChI is InChI=1S/C19H26N4OS.HI/c1-4-20-19(22-14-17-9-6-12-25-17)21-11-10-15-7-5-8-16(13-15)18(24)23(2)3;/h5-9,12-13H,4,10-11,14H2,1-3H3,(H2,20,21,22);1H. The number of carbonyl (C=O) groups is 1. The predicted octanol–water partition coefficient (Wildman–Crippen LogP) is 3.37. The van der Waals surface area contributed by atoms with E-state index in [9.17, 15) is 4.79 Å². The monoisotopic (exact) mass is 486 g/mol. The molecule has 0 saturated carbocycles. The molecule has 2 rings (SSSR count). The molecule has 1 aromatic carbocycles. The van der Waals surface area contributed by atoms with Gasteiger partial charge in [0.15, 0.2) is 5.96 Å². The summed E-state index contributed by atoms with van der Waals surface area (Å²) in [5.41, 5.74) is 1.86. The molecule has 1 aromatic heterocycles. The highest BCUT2D eigenvalue weighted by molar-refractivity contribution is 14.0. The Bertz CT molecular complexity index is 701. The van der Waals surface area contributed by atoms with Gasteiger partial charge in [-0.3, -0.25) is 4.79 Å². The van der Waals surface area contributed by atoms with Crippen LogP contribution in [0.5, 0.6) is 0 Å². The van der Waals surface area contributed by atoms with Crippen LogP contribution in [0.2, 0.25) is 0 Å². The van der Waals surface area contributed by atoms with Gasteiger partial charge in [0, 0.05) is 37.6 Å². The molecule has 142 valence electrons. The van der Waals surface area contributed by atoms with E-state index in [-0.39, 0.29) is 29.9 Å². The fraction of sp³-hybridized carbons (Fsp3) is 0.368. The van der Waals surface area contributed by atoms with Gasteiger partial charge < -0.3 is 15.5 Å². The maximum atomic E-state index is 12.0. The van der Waals surface area contributed by atoms with Crippen LogP contribution < -0.4 is 10.6 Å². The molecule has 7 heteroatoms. The lowest BCUT2D eigenvalue weighted by atomic mass is 10.1. The molecule has 0 fully saturated rings. The van der Waals surface area contributed by atoms with Crippen molar-refractivity contribution >= 4 is 47.2 Å². The third kappa shape index (κ3) is 7.33. The predicted molar refractivity (Wildman–Crippen MR) is 121 cm³/mol. The molecule has 1 heterocycles. The van der Waals surface area contributed by atoms with Crippen LogP contribution in [-0.4, -0.2) is 44.0 Å². The second-order valence-corrected chi connectivity index (χ2v) is 6.88. The zero-order chi connectivity index (χ0) is 18.1. The van der Waals surface area contributed by atoms with Gasteiger partial charge in [-0.15, -0.1) is 35.3 Å². The molecule has 5 nitrogen and oxygen atoms in total. The van der Waals surface area contributed by atoms with Crippen LogP contribution in [0.1, 0.15) is 27.7 Å². The smallest absolute Gasteiger partial charge is 0.253 e. The van der Waals surface area contributed by atoms with Crippen LogP contribution in [-0.2, 0) is 13.0 Å². The SMILES string of the molecule is CCNC(=NCc1cccs1)NCCc1cccc(C(=O)N(C)C)c1.I. The highest BCUT2D eigenvalue weighted by Gasteiger charge is 2.08. The van der Waals surface area contributed by atoms with Crippen LogP contribution in [0.25, 0.3) is 0 Å². The van der Waals surface area contributed by atoms with E-state index in [4.69, 9.17) is 0 Å². The minimum absolute atomic E-state index is 0. The van der Waals surface area contributed by atoms with Gasteiger partial charge in [-0.1, -0.05) is 18.2 Å². The Kier molecular flexibility index (Phi) is 10.3. The largest absolute Gasteiger partial charge is 0.357 e.